The molecule has 0 aromatic heterocycles. The van der Waals surface area contributed by atoms with E-state index in [-0.39, 0.29) is 5.78 Å². The van der Waals surface area contributed by atoms with Crippen LogP contribution in [0.15, 0.2) is 36.4 Å². The summed E-state index contributed by atoms with van der Waals surface area (Å²) >= 11 is 0. The van der Waals surface area contributed by atoms with E-state index in [1.54, 1.807) is 24.3 Å². The van der Waals surface area contributed by atoms with Crippen LogP contribution in [0.25, 0.3) is 0 Å². The summed E-state index contributed by atoms with van der Waals surface area (Å²) in [4.78, 5) is 35.4. The van der Waals surface area contributed by atoms with Gasteiger partial charge in [0.15, 0.2) is 5.78 Å². The van der Waals surface area contributed by atoms with E-state index in [0.717, 1.165) is 11.1 Å². The van der Waals surface area contributed by atoms with E-state index in [1.807, 2.05) is 0 Å². The zero-order valence-electron chi connectivity index (χ0n) is 11.8. The zero-order chi connectivity index (χ0) is 15.9. The van der Waals surface area contributed by atoms with Gasteiger partial charge in [-0.2, -0.15) is 0 Å². The number of nitrogens with two attached hydrogens (primary N) is 2. The Kier molecular flexibility index (Phi) is 3.25. The Morgan fingerprint density at radius 3 is 1.55 bits per heavy atom. The number of fused-ring (bicyclic) bond motifs is 2. The van der Waals surface area contributed by atoms with Gasteiger partial charge in [0, 0.05) is 22.3 Å². The van der Waals surface area contributed by atoms with Crippen LogP contribution in [0.2, 0.25) is 0 Å². The number of ketones is 1. The minimum Gasteiger partial charge on any atom is -0.366 e. The van der Waals surface area contributed by atoms with Gasteiger partial charge in [-0.25, -0.2) is 0 Å². The quantitative estimate of drug-likeness (QED) is 0.870. The van der Waals surface area contributed by atoms with Crippen molar-refractivity contribution in [3.05, 3.63) is 69.8 Å². The molecule has 22 heavy (non-hydrogen) atoms. The van der Waals surface area contributed by atoms with Crippen LogP contribution in [0.5, 0.6) is 0 Å². The second-order valence-electron chi connectivity index (χ2n) is 5.30. The predicted molar refractivity (Wildman–Crippen MR) is 80.8 cm³/mol. The number of rotatable bonds is 2. The van der Waals surface area contributed by atoms with Crippen LogP contribution >= 0.6 is 0 Å². The molecule has 3 rings (SSSR count). The van der Waals surface area contributed by atoms with Crippen molar-refractivity contribution in [3.63, 3.8) is 0 Å². The lowest BCUT2D eigenvalue weighted by Gasteiger charge is -2.07. The molecule has 2 amide bonds. The summed E-state index contributed by atoms with van der Waals surface area (Å²) in [5, 5.41) is 0. The van der Waals surface area contributed by atoms with Crippen molar-refractivity contribution >= 4 is 17.6 Å². The number of carbonyl (C=O) groups excluding carboxylic acids is 3. The van der Waals surface area contributed by atoms with E-state index in [0.29, 0.717) is 35.1 Å². The fraction of sp³-hybridized carbons (Fsp3) is 0.118. The Morgan fingerprint density at radius 1 is 0.773 bits per heavy atom. The highest BCUT2D eigenvalue weighted by molar-refractivity contribution is 6.13. The number of hydrogen-bond acceptors (Lipinski definition) is 3. The molecule has 110 valence electrons. The summed E-state index contributed by atoms with van der Waals surface area (Å²) in [6.07, 6.45) is 1.37. The summed E-state index contributed by atoms with van der Waals surface area (Å²) in [6.45, 7) is 0. The monoisotopic (exact) mass is 294 g/mol. The molecule has 0 radical (unpaired) electrons. The molecule has 1 aliphatic rings. The molecule has 4 N–H and O–H groups in total. The SMILES string of the molecule is NC(=O)c1ccc2c(c1)C(=O)c1cc(C(N)=O)ccc1CC2. The molecule has 2 aromatic rings. The highest BCUT2D eigenvalue weighted by atomic mass is 16.1. The van der Waals surface area contributed by atoms with E-state index in [2.05, 4.69) is 0 Å². The minimum absolute atomic E-state index is 0.214. The third-order valence-electron chi connectivity index (χ3n) is 3.94. The molecular formula is C17H14N2O3. The van der Waals surface area contributed by atoms with Gasteiger partial charge in [-0.3, -0.25) is 14.4 Å². The van der Waals surface area contributed by atoms with Crippen molar-refractivity contribution in [2.45, 2.75) is 12.8 Å². The van der Waals surface area contributed by atoms with Crippen molar-refractivity contribution in [1.82, 2.24) is 0 Å². The molecule has 0 saturated carbocycles. The van der Waals surface area contributed by atoms with Crippen molar-refractivity contribution in [2.75, 3.05) is 0 Å². The Labute approximate surface area is 126 Å². The molecule has 0 aliphatic heterocycles. The molecule has 0 heterocycles. The first kappa shape index (κ1) is 14.0. The molecule has 1 aliphatic carbocycles. The molecule has 0 fully saturated rings. The van der Waals surface area contributed by atoms with Crippen LogP contribution in [0.4, 0.5) is 0 Å². The highest BCUT2D eigenvalue weighted by Gasteiger charge is 2.23. The average molecular weight is 294 g/mol. The fourth-order valence-corrected chi connectivity index (χ4v) is 2.73. The Morgan fingerprint density at radius 2 is 1.18 bits per heavy atom. The van der Waals surface area contributed by atoms with Gasteiger partial charge in [0.25, 0.3) is 0 Å². The zero-order valence-corrected chi connectivity index (χ0v) is 11.8. The van der Waals surface area contributed by atoms with E-state index in [1.165, 1.54) is 12.1 Å². The lowest BCUT2D eigenvalue weighted by molar-refractivity contribution is 0.0992. The maximum absolute atomic E-state index is 12.8. The lowest BCUT2D eigenvalue weighted by atomic mass is 9.95. The second kappa shape index (κ2) is 5.11. The number of amides is 2. The van der Waals surface area contributed by atoms with Gasteiger partial charge in [0.1, 0.15) is 0 Å². The summed E-state index contributed by atoms with van der Waals surface area (Å²) in [6, 6.07) is 9.80. The normalized spacial score (nSPS) is 13.0. The second-order valence-corrected chi connectivity index (χ2v) is 5.30. The van der Waals surface area contributed by atoms with Crippen LogP contribution in [0.3, 0.4) is 0 Å². The van der Waals surface area contributed by atoms with Crippen LogP contribution in [-0.4, -0.2) is 17.6 Å². The lowest BCUT2D eigenvalue weighted by Crippen LogP contribution is -2.14. The van der Waals surface area contributed by atoms with Crippen molar-refractivity contribution in [3.8, 4) is 0 Å². The largest absolute Gasteiger partial charge is 0.366 e. The van der Waals surface area contributed by atoms with Crippen molar-refractivity contribution in [1.29, 1.82) is 0 Å². The van der Waals surface area contributed by atoms with Gasteiger partial charge in [-0.05, 0) is 48.2 Å². The molecule has 0 atom stereocenters. The summed E-state index contributed by atoms with van der Waals surface area (Å²) in [5.41, 5.74) is 13.8. The van der Waals surface area contributed by atoms with Gasteiger partial charge in [0.05, 0.1) is 0 Å². The highest BCUT2D eigenvalue weighted by Crippen LogP contribution is 2.26. The molecule has 5 nitrogen and oxygen atoms in total. The summed E-state index contributed by atoms with van der Waals surface area (Å²) in [7, 11) is 0. The van der Waals surface area contributed by atoms with Gasteiger partial charge in [-0.15, -0.1) is 0 Å². The number of benzene rings is 2. The Hall–Kier alpha value is -2.95. The van der Waals surface area contributed by atoms with E-state index >= 15 is 0 Å². The van der Waals surface area contributed by atoms with Gasteiger partial charge in [-0.1, -0.05) is 12.1 Å². The third kappa shape index (κ3) is 2.26. The van der Waals surface area contributed by atoms with Gasteiger partial charge < -0.3 is 11.5 Å². The number of aryl methyl sites for hydroxylation is 2. The maximum Gasteiger partial charge on any atom is 0.248 e. The molecule has 0 unspecified atom stereocenters. The summed E-state index contributed by atoms with van der Waals surface area (Å²) in [5.74, 6) is -1.37. The van der Waals surface area contributed by atoms with Gasteiger partial charge >= 0.3 is 0 Å². The predicted octanol–water partition coefficient (Wildman–Crippen LogP) is 1.21. The van der Waals surface area contributed by atoms with Crippen LogP contribution in [-0.2, 0) is 12.8 Å². The maximum atomic E-state index is 12.8. The Balaban J connectivity index is 2.17. The summed E-state index contributed by atoms with van der Waals surface area (Å²) < 4.78 is 0. The Bertz CT molecular complexity index is 757. The molecule has 0 bridgehead atoms. The van der Waals surface area contributed by atoms with E-state index in [9.17, 15) is 14.4 Å². The standard InChI is InChI=1S/C17H14N2O3/c18-16(21)11-5-3-9-1-2-10-4-6-12(17(19)22)8-14(10)15(20)13(9)7-11/h3-8H,1-2H2,(H2,18,21)(H2,19,22). The van der Waals surface area contributed by atoms with Crippen LogP contribution < -0.4 is 11.5 Å². The van der Waals surface area contributed by atoms with E-state index in [4.69, 9.17) is 11.5 Å². The third-order valence-corrected chi connectivity index (χ3v) is 3.94. The molecule has 5 heteroatoms. The van der Waals surface area contributed by atoms with Crippen LogP contribution in [0, 0.1) is 0 Å². The first-order chi connectivity index (χ1) is 10.5. The molecule has 0 saturated heterocycles. The topological polar surface area (TPSA) is 103 Å². The molecule has 0 spiro atoms. The first-order valence-corrected chi connectivity index (χ1v) is 6.87. The molecular weight excluding hydrogens is 280 g/mol. The van der Waals surface area contributed by atoms with Gasteiger partial charge in [0.2, 0.25) is 11.8 Å². The number of carbonyl (C=O) groups is 3. The number of primary amides is 2. The minimum atomic E-state index is -0.578. The van der Waals surface area contributed by atoms with Crippen molar-refractivity contribution < 1.29 is 14.4 Å². The smallest absolute Gasteiger partial charge is 0.248 e. The van der Waals surface area contributed by atoms with Crippen molar-refractivity contribution in [2.24, 2.45) is 11.5 Å². The first-order valence-electron chi connectivity index (χ1n) is 6.87. The fourth-order valence-electron chi connectivity index (χ4n) is 2.73. The number of hydrogen-bond donors (Lipinski definition) is 2. The molecule has 2 aromatic carbocycles. The average Bonchev–Trinajstić information content (AvgIpc) is 2.64. The van der Waals surface area contributed by atoms with E-state index < -0.39 is 11.8 Å². The van der Waals surface area contributed by atoms with Crippen LogP contribution in [0.1, 0.15) is 47.8 Å².